The number of carbonyl (C=O) groups is 4. The molecule has 0 aliphatic carbocycles. The molecule has 1 fully saturated rings. The number of para-hydroxylation sites is 1. The molecule has 4 amide bonds. The Bertz CT molecular complexity index is 766. The Morgan fingerprint density at radius 3 is 2.66 bits per heavy atom. The van der Waals surface area contributed by atoms with Gasteiger partial charge in [0.15, 0.2) is 6.61 Å². The van der Waals surface area contributed by atoms with Crippen LogP contribution in [0.1, 0.15) is 44.2 Å². The second-order valence-corrected chi connectivity index (χ2v) is 6.79. The molecule has 0 saturated carbocycles. The minimum Gasteiger partial charge on any atom is -0.496 e. The first-order valence-corrected chi connectivity index (χ1v) is 9.57. The first kappa shape index (κ1) is 22.2. The molecule has 1 aliphatic heterocycles. The number of carbonyl (C=O) groups excluding carboxylic acids is 4. The van der Waals surface area contributed by atoms with Gasteiger partial charge in [0, 0.05) is 18.5 Å². The Morgan fingerprint density at radius 1 is 1.28 bits per heavy atom. The van der Waals surface area contributed by atoms with Crippen LogP contribution >= 0.6 is 0 Å². The van der Waals surface area contributed by atoms with Gasteiger partial charge in [-0.3, -0.25) is 19.7 Å². The summed E-state index contributed by atoms with van der Waals surface area (Å²) in [6, 6.07) is 5.64. The normalized spacial score (nSPS) is 18.8. The van der Waals surface area contributed by atoms with E-state index >= 15 is 0 Å². The smallest absolute Gasteiger partial charge is 0.318 e. The lowest BCUT2D eigenvalue weighted by molar-refractivity contribution is -0.159. The van der Waals surface area contributed by atoms with Gasteiger partial charge in [-0.2, -0.15) is 0 Å². The third-order valence-corrected chi connectivity index (χ3v) is 4.83. The predicted octanol–water partition coefficient (Wildman–Crippen LogP) is 1.51. The average molecular weight is 405 g/mol. The van der Waals surface area contributed by atoms with Gasteiger partial charge in [0.05, 0.1) is 19.1 Å². The summed E-state index contributed by atoms with van der Waals surface area (Å²) in [6.07, 6.45) is 2.19. The third-order valence-electron chi connectivity index (χ3n) is 4.83. The van der Waals surface area contributed by atoms with Crippen LogP contribution in [0.15, 0.2) is 24.3 Å². The molecule has 9 nitrogen and oxygen atoms in total. The maximum atomic E-state index is 12.8. The lowest BCUT2D eigenvalue weighted by Crippen LogP contribution is -2.46. The summed E-state index contributed by atoms with van der Waals surface area (Å²) < 4.78 is 10.6. The highest BCUT2D eigenvalue weighted by molar-refractivity contribution is 5.95. The number of ether oxygens (including phenoxy) is 2. The van der Waals surface area contributed by atoms with E-state index in [-0.39, 0.29) is 12.3 Å². The van der Waals surface area contributed by atoms with Gasteiger partial charge < -0.3 is 20.1 Å². The summed E-state index contributed by atoms with van der Waals surface area (Å²) in [5.74, 6) is -1.56. The number of nitrogens with two attached hydrogens (primary N) is 1. The molecule has 1 aromatic rings. The van der Waals surface area contributed by atoms with Crippen LogP contribution in [0.2, 0.25) is 0 Å². The third kappa shape index (κ3) is 5.69. The highest BCUT2D eigenvalue weighted by Crippen LogP contribution is 2.41. The van der Waals surface area contributed by atoms with Crippen molar-refractivity contribution in [1.82, 2.24) is 10.2 Å². The number of hydrogen-bond donors (Lipinski definition) is 2. The van der Waals surface area contributed by atoms with Crippen LogP contribution in [0.4, 0.5) is 4.79 Å². The summed E-state index contributed by atoms with van der Waals surface area (Å²) in [5, 5.41) is 1.84. The van der Waals surface area contributed by atoms with Crippen molar-refractivity contribution in [2.45, 2.75) is 38.6 Å². The van der Waals surface area contributed by atoms with Crippen LogP contribution in [0.25, 0.3) is 0 Å². The van der Waals surface area contributed by atoms with E-state index in [1.807, 2.05) is 30.4 Å². The van der Waals surface area contributed by atoms with Crippen LogP contribution in [0.5, 0.6) is 5.75 Å². The highest BCUT2D eigenvalue weighted by Gasteiger charge is 2.42. The van der Waals surface area contributed by atoms with E-state index in [4.69, 9.17) is 15.2 Å². The molecule has 1 heterocycles. The zero-order valence-corrected chi connectivity index (χ0v) is 16.7. The molecule has 1 aromatic carbocycles. The molecule has 158 valence electrons. The first-order valence-electron chi connectivity index (χ1n) is 9.57. The molecule has 29 heavy (non-hydrogen) atoms. The molecule has 2 atom stereocenters. The number of methoxy groups -OCH3 is 1. The van der Waals surface area contributed by atoms with Gasteiger partial charge in [-0.05, 0) is 18.9 Å². The van der Waals surface area contributed by atoms with E-state index < -0.39 is 36.5 Å². The van der Waals surface area contributed by atoms with E-state index in [1.165, 1.54) is 7.11 Å². The molecule has 9 heteroatoms. The number of nitrogens with one attached hydrogen (secondary N) is 1. The van der Waals surface area contributed by atoms with Crippen molar-refractivity contribution in [1.29, 1.82) is 0 Å². The summed E-state index contributed by atoms with van der Waals surface area (Å²) in [7, 11) is 1.53. The Hall–Kier alpha value is -3.10. The fourth-order valence-electron chi connectivity index (χ4n) is 3.50. The number of amides is 4. The van der Waals surface area contributed by atoms with Crippen LogP contribution in [0.3, 0.4) is 0 Å². The fraction of sp³-hybridized carbons (Fsp3) is 0.500. The summed E-state index contributed by atoms with van der Waals surface area (Å²) >= 11 is 0. The Morgan fingerprint density at radius 2 is 2.00 bits per heavy atom. The number of urea groups is 1. The Balaban J connectivity index is 2.29. The van der Waals surface area contributed by atoms with Crippen molar-refractivity contribution in [3.8, 4) is 5.75 Å². The zero-order valence-electron chi connectivity index (χ0n) is 16.7. The van der Waals surface area contributed by atoms with Crippen molar-refractivity contribution < 1.29 is 28.7 Å². The van der Waals surface area contributed by atoms with Gasteiger partial charge in [-0.15, -0.1) is 0 Å². The molecule has 3 N–H and O–H groups in total. The predicted molar refractivity (Wildman–Crippen MR) is 104 cm³/mol. The van der Waals surface area contributed by atoms with Crippen molar-refractivity contribution in [3.05, 3.63) is 29.8 Å². The lowest BCUT2D eigenvalue weighted by Gasteiger charge is -2.40. The van der Waals surface area contributed by atoms with Gasteiger partial charge in [0.25, 0.3) is 5.91 Å². The Kier molecular flexibility index (Phi) is 7.99. The first-order chi connectivity index (χ1) is 13.9. The summed E-state index contributed by atoms with van der Waals surface area (Å²) in [5.41, 5.74) is 5.59. The van der Waals surface area contributed by atoms with Crippen molar-refractivity contribution >= 4 is 23.8 Å². The van der Waals surface area contributed by atoms with Crippen molar-refractivity contribution in [2.24, 2.45) is 11.7 Å². The summed E-state index contributed by atoms with van der Waals surface area (Å²) in [6.45, 7) is 1.90. The number of rotatable bonds is 8. The van der Waals surface area contributed by atoms with E-state index in [0.717, 1.165) is 12.8 Å². The van der Waals surface area contributed by atoms with Gasteiger partial charge in [0.2, 0.25) is 5.91 Å². The number of primary amides is 1. The average Bonchev–Trinajstić information content (AvgIpc) is 2.70. The Labute approximate surface area is 169 Å². The minimum atomic E-state index is -1.02. The number of hydrogen-bond acceptors (Lipinski definition) is 6. The molecular weight excluding hydrogens is 378 g/mol. The number of benzene rings is 1. The minimum absolute atomic E-state index is 0.0372. The van der Waals surface area contributed by atoms with E-state index in [2.05, 4.69) is 0 Å². The highest BCUT2D eigenvalue weighted by atomic mass is 16.5. The largest absolute Gasteiger partial charge is 0.496 e. The summed E-state index contributed by atoms with van der Waals surface area (Å²) in [4.78, 5) is 49.5. The molecule has 0 bridgehead atoms. The number of nitrogens with zero attached hydrogens (tertiary/aromatic N) is 1. The zero-order chi connectivity index (χ0) is 21.4. The van der Waals surface area contributed by atoms with Gasteiger partial charge >= 0.3 is 12.0 Å². The lowest BCUT2D eigenvalue weighted by atomic mass is 9.83. The number of piperidine rings is 1. The number of likely N-dealkylation sites (tertiary alicyclic amines) is 1. The van der Waals surface area contributed by atoms with Crippen LogP contribution < -0.4 is 15.8 Å². The number of unbranched alkanes of at least 4 members (excludes halogenated alkanes) is 1. The molecule has 1 saturated heterocycles. The van der Waals surface area contributed by atoms with Crippen LogP contribution in [-0.2, 0) is 19.1 Å². The quantitative estimate of drug-likeness (QED) is 0.631. The molecule has 1 aliphatic rings. The standard InChI is InChI=1S/C20H27N3O6/c1-3-4-11-23-17(25)10-9-14(19(26)29-12-16(24)22-20(21)27)18(23)13-7-5-6-8-15(13)28-2/h5-8,14,18H,3-4,9-12H2,1-2H3,(H3,21,22,24,27)/t14-,18+/m0/s1. The van der Waals surface area contributed by atoms with Gasteiger partial charge in [0.1, 0.15) is 5.75 Å². The maximum absolute atomic E-state index is 12.8. The fourth-order valence-corrected chi connectivity index (χ4v) is 3.50. The molecule has 0 radical (unpaired) electrons. The maximum Gasteiger partial charge on any atom is 0.318 e. The topological polar surface area (TPSA) is 128 Å². The molecule has 0 aromatic heterocycles. The second kappa shape index (κ2) is 10.4. The number of imide groups is 1. The molecule has 2 rings (SSSR count). The van der Waals surface area contributed by atoms with Gasteiger partial charge in [-0.25, -0.2) is 4.79 Å². The van der Waals surface area contributed by atoms with Crippen molar-refractivity contribution in [3.63, 3.8) is 0 Å². The van der Waals surface area contributed by atoms with Crippen molar-refractivity contribution in [2.75, 3.05) is 20.3 Å². The monoisotopic (exact) mass is 405 g/mol. The molecular formula is C20H27N3O6. The van der Waals surface area contributed by atoms with E-state index in [1.54, 1.807) is 11.0 Å². The van der Waals surface area contributed by atoms with E-state index in [9.17, 15) is 19.2 Å². The van der Waals surface area contributed by atoms with Gasteiger partial charge in [-0.1, -0.05) is 31.5 Å². The molecule has 0 unspecified atom stereocenters. The van der Waals surface area contributed by atoms with Crippen LogP contribution in [-0.4, -0.2) is 49.0 Å². The van der Waals surface area contributed by atoms with Crippen LogP contribution in [0, 0.1) is 5.92 Å². The SMILES string of the molecule is CCCCN1C(=O)CC[C@H](C(=O)OCC(=O)NC(N)=O)[C@H]1c1ccccc1OC. The second-order valence-electron chi connectivity index (χ2n) is 6.79. The van der Waals surface area contributed by atoms with E-state index in [0.29, 0.717) is 24.3 Å². The number of esters is 1. The molecule has 0 spiro atoms.